The van der Waals surface area contributed by atoms with E-state index < -0.39 is 5.72 Å². The normalized spacial score (nSPS) is 54.7. The summed E-state index contributed by atoms with van der Waals surface area (Å²) in [5.41, 5.74) is 0.0130. The molecule has 2 aliphatic carbocycles. The maximum atomic E-state index is 10.1. The van der Waals surface area contributed by atoms with Gasteiger partial charge in [-0.3, -0.25) is 5.32 Å². The molecule has 1 spiro atoms. The van der Waals surface area contributed by atoms with E-state index in [0.29, 0.717) is 5.41 Å². The van der Waals surface area contributed by atoms with E-state index in [4.69, 9.17) is 0 Å². The van der Waals surface area contributed by atoms with Crippen LogP contribution in [0.4, 0.5) is 0 Å². The van der Waals surface area contributed by atoms with E-state index in [2.05, 4.69) is 5.32 Å². The van der Waals surface area contributed by atoms with Crippen LogP contribution >= 0.6 is 0 Å². The van der Waals surface area contributed by atoms with E-state index in [0.717, 1.165) is 25.3 Å². The molecule has 1 heterocycles. The van der Waals surface area contributed by atoms with Gasteiger partial charge in [-0.1, -0.05) is 12.8 Å². The Morgan fingerprint density at radius 1 is 1.15 bits per heavy atom. The molecule has 1 saturated heterocycles. The van der Waals surface area contributed by atoms with Gasteiger partial charge >= 0.3 is 0 Å². The van der Waals surface area contributed by atoms with Gasteiger partial charge in [-0.2, -0.15) is 0 Å². The van der Waals surface area contributed by atoms with Crippen LogP contribution in [0.3, 0.4) is 0 Å². The first-order chi connectivity index (χ1) is 6.23. The van der Waals surface area contributed by atoms with Crippen LogP contribution in [0.2, 0.25) is 0 Å². The fourth-order valence-electron chi connectivity index (χ4n) is 3.93. The van der Waals surface area contributed by atoms with E-state index in [1.165, 1.54) is 32.1 Å². The third-order valence-corrected chi connectivity index (χ3v) is 4.66. The Kier molecular flexibility index (Phi) is 1.58. The van der Waals surface area contributed by atoms with Crippen molar-refractivity contribution < 1.29 is 5.11 Å². The second-order valence-corrected chi connectivity index (χ2v) is 5.41. The maximum Gasteiger partial charge on any atom is 0.116 e. The summed E-state index contributed by atoms with van der Waals surface area (Å²) in [6, 6.07) is 0. The highest BCUT2D eigenvalue weighted by molar-refractivity contribution is 5.06. The zero-order valence-corrected chi connectivity index (χ0v) is 8.18. The van der Waals surface area contributed by atoms with Crippen LogP contribution in [0.1, 0.15) is 44.9 Å². The topological polar surface area (TPSA) is 32.3 Å². The maximum absolute atomic E-state index is 10.1. The van der Waals surface area contributed by atoms with Crippen LogP contribution in [0.5, 0.6) is 0 Å². The SMILES string of the molecule is O[C@@]12CC[C@H]3CCCC[C@]3(CN1)C2. The molecule has 2 bridgehead atoms. The van der Waals surface area contributed by atoms with Crippen molar-refractivity contribution in [1.82, 2.24) is 5.32 Å². The summed E-state index contributed by atoms with van der Waals surface area (Å²) in [4.78, 5) is 0. The molecule has 2 heteroatoms. The van der Waals surface area contributed by atoms with Crippen molar-refractivity contribution in [2.45, 2.75) is 50.7 Å². The molecule has 3 atom stereocenters. The van der Waals surface area contributed by atoms with Crippen LogP contribution in [0.25, 0.3) is 0 Å². The summed E-state index contributed by atoms with van der Waals surface area (Å²) in [6.07, 6.45) is 8.84. The molecule has 1 aliphatic heterocycles. The van der Waals surface area contributed by atoms with Gasteiger partial charge in [-0.15, -0.1) is 0 Å². The molecular weight excluding hydrogens is 162 g/mol. The smallest absolute Gasteiger partial charge is 0.116 e. The molecule has 2 saturated carbocycles. The quantitative estimate of drug-likeness (QED) is 0.595. The van der Waals surface area contributed by atoms with Crippen molar-refractivity contribution in [3.05, 3.63) is 0 Å². The van der Waals surface area contributed by atoms with Crippen LogP contribution < -0.4 is 5.32 Å². The molecule has 3 fully saturated rings. The molecule has 13 heavy (non-hydrogen) atoms. The number of rotatable bonds is 0. The van der Waals surface area contributed by atoms with E-state index in [9.17, 15) is 5.11 Å². The lowest BCUT2D eigenvalue weighted by Gasteiger charge is -2.45. The molecule has 3 rings (SSSR count). The fraction of sp³-hybridized carbons (Fsp3) is 1.00. The zero-order chi connectivity index (χ0) is 8.94. The Labute approximate surface area is 79.7 Å². The molecule has 0 aromatic rings. The van der Waals surface area contributed by atoms with Crippen LogP contribution in [0, 0.1) is 11.3 Å². The second kappa shape index (κ2) is 2.48. The van der Waals surface area contributed by atoms with E-state index in [1.807, 2.05) is 0 Å². The Hall–Kier alpha value is -0.0800. The summed E-state index contributed by atoms with van der Waals surface area (Å²) < 4.78 is 0. The molecule has 0 aromatic carbocycles. The molecule has 0 aromatic heterocycles. The van der Waals surface area contributed by atoms with E-state index in [-0.39, 0.29) is 0 Å². The Bertz CT molecular complexity index is 226. The van der Waals surface area contributed by atoms with Gasteiger partial charge in [0.25, 0.3) is 0 Å². The molecule has 2 nitrogen and oxygen atoms in total. The Morgan fingerprint density at radius 3 is 3.00 bits per heavy atom. The number of fused-ring (bicyclic) bond motifs is 1. The summed E-state index contributed by atoms with van der Waals surface area (Å²) >= 11 is 0. The minimum Gasteiger partial charge on any atom is -0.376 e. The molecule has 2 N–H and O–H groups in total. The van der Waals surface area contributed by atoms with Gasteiger partial charge in [0.2, 0.25) is 0 Å². The largest absolute Gasteiger partial charge is 0.376 e. The van der Waals surface area contributed by atoms with Gasteiger partial charge in [0.15, 0.2) is 0 Å². The predicted octanol–water partition coefficient (Wildman–Crippen LogP) is 1.64. The number of aliphatic hydroxyl groups is 1. The molecule has 3 aliphatic rings. The first kappa shape index (κ1) is 8.25. The summed E-state index contributed by atoms with van der Waals surface area (Å²) in [7, 11) is 0. The second-order valence-electron chi connectivity index (χ2n) is 5.41. The third kappa shape index (κ3) is 1.08. The lowest BCUT2D eigenvalue weighted by molar-refractivity contribution is -0.0470. The molecular formula is C11H19NO. The highest BCUT2D eigenvalue weighted by Crippen LogP contribution is 2.55. The van der Waals surface area contributed by atoms with Gasteiger partial charge in [-0.05, 0) is 43.4 Å². The van der Waals surface area contributed by atoms with Crippen molar-refractivity contribution in [2.75, 3.05) is 6.54 Å². The van der Waals surface area contributed by atoms with E-state index in [1.54, 1.807) is 0 Å². The first-order valence-corrected chi connectivity index (χ1v) is 5.70. The van der Waals surface area contributed by atoms with Gasteiger partial charge in [0, 0.05) is 6.54 Å². The van der Waals surface area contributed by atoms with Gasteiger partial charge < -0.3 is 5.11 Å². The third-order valence-electron chi connectivity index (χ3n) is 4.66. The number of hydrogen-bond donors (Lipinski definition) is 2. The molecule has 0 unspecified atom stereocenters. The van der Waals surface area contributed by atoms with Crippen LogP contribution in [0.15, 0.2) is 0 Å². The van der Waals surface area contributed by atoms with Gasteiger partial charge in [0.05, 0.1) is 0 Å². The molecule has 74 valence electrons. The van der Waals surface area contributed by atoms with Crippen molar-refractivity contribution in [1.29, 1.82) is 0 Å². The summed E-state index contributed by atoms with van der Waals surface area (Å²) in [6.45, 7) is 1.08. The molecule has 0 amide bonds. The highest BCUT2D eigenvalue weighted by atomic mass is 16.3. The average Bonchev–Trinajstić information content (AvgIpc) is 2.38. The van der Waals surface area contributed by atoms with Crippen molar-refractivity contribution in [2.24, 2.45) is 11.3 Å². The predicted molar refractivity (Wildman–Crippen MR) is 51.2 cm³/mol. The monoisotopic (exact) mass is 181 g/mol. The minimum absolute atomic E-state index is 0.478. The van der Waals surface area contributed by atoms with E-state index >= 15 is 0 Å². The van der Waals surface area contributed by atoms with Gasteiger partial charge in [-0.25, -0.2) is 0 Å². The average molecular weight is 181 g/mol. The number of nitrogens with one attached hydrogen (secondary N) is 1. The summed E-state index contributed by atoms with van der Waals surface area (Å²) in [5.74, 6) is 0.913. The van der Waals surface area contributed by atoms with Crippen LogP contribution in [-0.4, -0.2) is 17.4 Å². The Balaban J connectivity index is 1.90. The standard InChI is InChI=1S/C11H19NO/c13-11-6-4-9-3-1-2-5-10(9,7-11)8-12-11/h9,12-13H,1-8H2/t9-,10-,11-/m1/s1. The molecule has 0 radical (unpaired) electrons. The Morgan fingerprint density at radius 2 is 2.08 bits per heavy atom. The summed E-state index contributed by atoms with van der Waals surface area (Å²) in [5, 5.41) is 13.5. The highest BCUT2D eigenvalue weighted by Gasteiger charge is 2.55. The first-order valence-electron chi connectivity index (χ1n) is 5.70. The minimum atomic E-state index is -0.478. The van der Waals surface area contributed by atoms with Crippen molar-refractivity contribution in [3.63, 3.8) is 0 Å². The lowest BCUT2D eigenvalue weighted by atomic mass is 9.60. The lowest BCUT2D eigenvalue weighted by Crippen LogP contribution is -2.43. The van der Waals surface area contributed by atoms with Crippen LogP contribution in [-0.2, 0) is 0 Å². The van der Waals surface area contributed by atoms with Gasteiger partial charge in [0.1, 0.15) is 5.72 Å². The number of hydrogen-bond acceptors (Lipinski definition) is 2. The zero-order valence-electron chi connectivity index (χ0n) is 8.18. The van der Waals surface area contributed by atoms with Crippen molar-refractivity contribution >= 4 is 0 Å². The fourth-order valence-corrected chi connectivity index (χ4v) is 3.93. The van der Waals surface area contributed by atoms with Crippen molar-refractivity contribution in [3.8, 4) is 0 Å².